The molecule has 2 N–H and O–H groups in total. The van der Waals surface area contributed by atoms with Gasteiger partial charge in [-0.1, -0.05) is 20.8 Å². The summed E-state index contributed by atoms with van der Waals surface area (Å²) < 4.78 is 0. The van der Waals surface area contributed by atoms with Crippen LogP contribution in [0, 0.1) is 5.41 Å². The molecule has 0 radical (unpaired) electrons. The molecule has 0 atom stereocenters. The summed E-state index contributed by atoms with van der Waals surface area (Å²) in [5.41, 5.74) is 1.40. The van der Waals surface area contributed by atoms with Gasteiger partial charge in [0, 0.05) is 19.5 Å². The maximum absolute atomic E-state index is 12.2. The van der Waals surface area contributed by atoms with Gasteiger partial charge in [0.05, 0.1) is 11.9 Å². The highest BCUT2D eigenvalue weighted by molar-refractivity contribution is 5.97. The lowest BCUT2D eigenvalue weighted by Crippen LogP contribution is -2.30. The first-order valence-electron chi connectivity index (χ1n) is 6.78. The SMILES string of the molecule is CNc1cnc(C(C)C)nc1C(=O)NCC1(C)CC1. The van der Waals surface area contributed by atoms with Crippen molar-refractivity contribution in [2.45, 2.75) is 39.5 Å². The van der Waals surface area contributed by atoms with Crippen molar-refractivity contribution in [1.82, 2.24) is 15.3 Å². The van der Waals surface area contributed by atoms with Crippen LogP contribution in [0.25, 0.3) is 0 Å². The summed E-state index contributed by atoms with van der Waals surface area (Å²) in [6.07, 6.45) is 4.05. The van der Waals surface area contributed by atoms with E-state index < -0.39 is 0 Å². The van der Waals surface area contributed by atoms with E-state index in [0.29, 0.717) is 22.6 Å². The Balaban J connectivity index is 2.15. The lowest BCUT2D eigenvalue weighted by Gasteiger charge is -2.13. The molecule has 1 aromatic heterocycles. The van der Waals surface area contributed by atoms with E-state index in [1.807, 2.05) is 13.8 Å². The Morgan fingerprint density at radius 2 is 2.16 bits per heavy atom. The topological polar surface area (TPSA) is 66.9 Å². The Bertz CT molecular complexity index is 480. The molecule has 1 saturated carbocycles. The molecule has 2 rings (SSSR count). The summed E-state index contributed by atoms with van der Waals surface area (Å²) >= 11 is 0. The van der Waals surface area contributed by atoms with E-state index in [9.17, 15) is 4.79 Å². The van der Waals surface area contributed by atoms with Crippen LogP contribution in [0.1, 0.15) is 55.8 Å². The smallest absolute Gasteiger partial charge is 0.272 e. The third-order valence-electron chi connectivity index (χ3n) is 3.59. The highest BCUT2D eigenvalue weighted by Crippen LogP contribution is 2.44. The number of rotatable bonds is 5. The maximum atomic E-state index is 12.2. The van der Waals surface area contributed by atoms with E-state index in [4.69, 9.17) is 0 Å². The molecule has 19 heavy (non-hydrogen) atoms. The van der Waals surface area contributed by atoms with E-state index in [2.05, 4.69) is 27.5 Å². The zero-order valence-corrected chi connectivity index (χ0v) is 12.1. The molecule has 1 fully saturated rings. The number of nitrogens with zero attached hydrogens (tertiary/aromatic N) is 2. The van der Waals surface area contributed by atoms with Gasteiger partial charge in [-0.3, -0.25) is 4.79 Å². The van der Waals surface area contributed by atoms with Crippen LogP contribution in [-0.2, 0) is 0 Å². The highest BCUT2D eigenvalue weighted by Gasteiger charge is 2.37. The van der Waals surface area contributed by atoms with E-state index >= 15 is 0 Å². The van der Waals surface area contributed by atoms with Gasteiger partial charge in [0.15, 0.2) is 5.69 Å². The number of nitrogens with one attached hydrogen (secondary N) is 2. The minimum Gasteiger partial charge on any atom is -0.385 e. The van der Waals surface area contributed by atoms with Gasteiger partial charge in [0.25, 0.3) is 5.91 Å². The Kier molecular flexibility index (Phi) is 3.73. The van der Waals surface area contributed by atoms with Crippen LogP contribution in [-0.4, -0.2) is 29.5 Å². The molecule has 1 aliphatic carbocycles. The number of hydrogen-bond acceptors (Lipinski definition) is 4. The van der Waals surface area contributed by atoms with Crippen molar-refractivity contribution in [1.29, 1.82) is 0 Å². The Morgan fingerprint density at radius 1 is 1.47 bits per heavy atom. The largest absolute Gasteiger partial charge is 0.385 e. The molecule has 0 saturated heterocycles. The lowest BCUT2D eigenvalue weighted by atomic mass is 10.1. The van der Waals surface area contributed by atoms with Gasteiger partial charge in [0.2, 0.25) is 0 Å². The first kappa shape index (κ1) is 13.8. The fourth-order valence-electron chi connectivity index (χ4n) is 1.80. The second kappa shape index (κ2) is 5.15. The van der Waals surface area contributed by atoms with Gasteiger partial charge < -0.3 is 10.6 Å². The average Bonchev–Trinajstić information content (AvgIpc) is 3.13. The maximum Gasteiger partial charge on any atom is 0.272 e. The Hall–Kier alpha value is -1.65. The highest BCUT2D eigenvalue weighted by atomic mass is 16.1. The third-order valence-corrected chi connectivity index (χ3v) is 3.59. The van der Waals surface area contributed by atoms with Crippen molar-refractivity contribution in [3.63, 3.8) is 0 Å². The van der Waals surface area contributed by atoms with E-state index in [0.717, 1.165) is 6.54 Å². The fraction of sp³-hybridized carbons (Fsp3) is 0.643. The minimum atomic E-state index is -0.123. The van der Waals surface area contributed by atoms with Crippen molar-refractivity contribution >= 4 is 11.6 Å². The van der Waals surface area contributed by atoms with Crippen LogP contribution in [0.2, 0.25) is 0 Å². The van der Waals surface area contributed by atoms with Gasteiger partial charge in [-0.05, 0) is 18.3 Å². The number of aromatic nitrogens is 2. The minimum absolute atomic E-state index is 0.123. The molecule has 1 aliphatic rings. The molecular weight excluding hydrogens is 240 g/mol. The molecule has 5 nitrogen and oxygen atoms in total. The normalized spacial score (nSPS) is 16.3. The van der Waals surface area contributed by atoms with Crippen molar-refractivity contribution in [3.8, 4) is 0 Å². The van der Waals surface area contributed by atoms with Crippen LogP contribution < -0.4 is 10.6 Å². The van der Waals surface area contributed by atoms with Crippen LogP contribution >= 0.6 is 0 Å². The number of hydrogen-bond donors (Lipinski definition) is 2. The van der Waals surface area contributed by atoms with Gasteiger partial charge >= 0.3 is 0 Å². The van der Waals surface area contributed by atoms with Crippen LogP contribution in [0.4, 0.5) is 5.69 Å². The summed E-state index contributed by atoms with van der Waals surface area (Å²) in [7, 11) is 1.77. The van der Waals surface area contributed by atoms with E-state index in [1.165, 1.54) is 12.8 Å². The predicted octanol–water partition coefficient (Wildman–Crippen LogP) is 2.17. The molecule has 0 unspecified atom stereocenters. The second-order valence-corrected chi connectivity index (χ2v) is 5.89. The third kappa shape index (κ3) is 3.22. The molecule has 1 heterocycles. The first-order valence-corrected chi connectivity index (χ1v) is 6.78. The molecular formula is C14H22N4O. The molecule has 0 bridgehead atoms. The average molecular weight is 262 g/mol. The van der Waals surface area contributed by atoms with Crippen LogP contribution in [0.15, 0.2) is 6.20 Å². The first-order chi connectivity index (χ1) is 8.95. The van der Waals surface area contributed by atoms with E-state index in [1.54, 1.807) is 13.2 Å². The van der Waals surface area contributed by atoms with Crippen molar-refractivity contribution in [2.24, 2.45) is 5.41 Å². The van der Waals surface area contributed by atoms with Crippen LogP contribution in [0.3, 0.4) is 0 Å². The molecule has 0 aromatic carbocycles. The monoisotopic (exact) mass is 262 g/mol. The number of amides is 1. The number of carbonyl (C=O) groups excluding carboxylic acids is 1. The van der Waals surface area contributed by atoms with Crippen molar-refractivity contribution in [3.05, 3.63) is 17.7 Å². The summed E-state index contributed by atoms with van der Waals surface area (Å²) in [6.45, 7) is 6.93. The standard InChI is InChI=1S/C14H22N4O/c1-9(2)12-16-7-10(15-4)11(18-12)13(19)17-8-14(3)5-6-14/h7,9,15H,5-6,8H2,1-4H3,(H,17,19). The molecule has 0 aliphatic heterocycles. The second-order valence-electron chi connectivity index (χ2n) is 5.89. The molecule has 1 aromatic rings. The zero-order valence-electron chi connectivity index (χ0n) is 12.1. The van der Waals surface area contributed by atoms with Crippen molar-refractivity contribution in [2.75, 3.05) is 18.9 Å². The van der Waals surface area contributed by atoms with Crippen molar-refractivity contribution < 1.29 is 4.79 Å². The molecule has 5 heteroatoms. The van der Waals surface area contributed by atoms with Gasteiger partial charge in [0.1, 0.15) is 5.82 Å². The molecule has 0 spiro atoms. The number of anilines is 1. The zero-order chi connectivity index (χ0) is 14.0. The Morgan fingerprint density at radius 3 is 2.68 bits per heavy atom. The lowest BCUT2D eigenvalue weighted by molar-refractivity contribution is 0.0941. The van der Waals surface area contributed by atoms with Gasteiger partial charge in [-0.2, -0.15) is 0 Å². The summed E-state index contributed by atoms with van der Waals surface area (Å²) in [5, 5.41) is 5.94. The van der Waals surface area contributed by atoms with Gasteiger partial charge in [-0.25, -0.2) is 9.97 Å². The van der Waals surface area contributed by atoms with Crippen LogP contribution in [0.5, 0.6) is 0 Å². The Labute approximate surface area is 114 Å². The molecule has 1 amide bonds. The predicted molar refractivity (Wildman–Crippen MR) is 75.3 cm³/mol. The molecule has 104 valence electrons. The summed E-state index contributed by atoms with van der Waals surface area (Å²) in [6, 6.07) is 0. The van der Waals surface area contributed by atoms with Gasteiger partial charge in [-0.15, -0.1) is 0 Å². The quantitative estimate of drug-likeness (QED) is 0.853. The fourth-order valence-corrected chi connectivity index (χ4v) is 1.80. The number of carbonyl (C=O) groups is 1. The van der Waals surface area contributed by atoms with E-state index in [-0.39, 0.29) is 11.8 Å². The summed E-state index contributed by atoms with van der Waals surface area (Å²) in [5.74, 6) is 0.780. The summed E-state index contributed by atoms with van der Waals surface area (Å²) in [4.78, 5) is 20.9.